The summed E-state index contributed by atoms with van der Waals surface area (Å²) in [5.41, 5.74) is 4.75. The van der Waals surface area contributed by atoms with Crippen molar-refractivity contribution in [1.82, 2.24) is 28.8 Å². The van der Waals surface area contributed by atoms with Gasteiger partial charge in [0.1, 0.15) is 11.5 Å². The summed E-state index contributed by atoms with van der Waals surface area (Å²) in [7, 11) is 0. The van der Waals surface area contributed by atoms with E-state index in [0.29, 0.717) is 33.9 Å². The highest BCUT2D eigenvalue weighted by Gasteiger charge is 2.25. The van der Waals surface area contributed by atoms with Gasteiger partial charge in [0.05, 0.1) is 11.6 Å². The molecule has 0 aliphatic carbocycles. The Bertz CT molecular complexity index is 1740. The first-order valence-electron chi connectivity index (χ1n) is 12.2. The number of azo groups is 1. The van der Waals surface area contributed by atoms with E-state index >= 15 is 0 Å². The zero-order valence-electron chi connectivity index (χ0n) is 20.7. The Labute approximate surface area is 228 Å². The van der Waals surface area contributed by atoms with Crippen molar-refractivity contribution >= 4 is 39.6 Å². The molecular formula is C28H23ClN8S. The van der Waals surface area contributed by atoms with Gasteiger partial charge in [-0.3, -0.25) is 0 Å². The highest BCUT2D eigenvalue weighted by molar-refractivity contribution is 7.09. The van der Waals surface area contributed by atoms with Crippen LogP contribution in [-0.2, 0) is 6.54 Å². The maximum Gasteiger partial charge on any atom is 0.249 e. The van der Waals surface area contributed by atoms with Gasteiger partial charge in [-0.1, -0.05) is 104 Å². The molecule has 188 valence electrons. The average molecular weight is 539 g/mol. The number of aromatic nitrogens is 6. The molecule has 0 saturated carbocycles. The number of hydrogen-bond acceptors (Lipinski definition) is 7. The van der Waals surface area contributed by atoms with Gasteiger partial charge in [0.15, 0.2) is 17.2 Å². The molecule has 38 heavy (non-hydrogen) atoms. The Kier molecular flexibility index (Phi) is 6.53. The van der Waals surface area contributed by atoms with Crippen molar-refractivity contribution in [3.63, 3.8) is 0 Å². The smallest absolute Gasteiger partial charge is 0.249 e. The fourth-order valence-corrected chi connectivity index (χ4v) is 5.03. The van der Waals surface area contributed by atoms with Gasteiger partial charge < -0.3 is 4.57 Å². The van der Waals surface area contributed by atoms with E-state index in [2.05, 4.69) is 45.0 Å². The minimum absolute atomic E-state index is 0.172. The fourth-order valence-electron chi connectivity index (χ4n) is 4.28. The quantitative estimate of drug-likeness (QED) is 0.193. The largest absolute Gasteiger partial charge is 0.305 e. The molecule has 0 unspecified atom stereocenters. The highest BCUT2D eigenvalue weighted by Crippen LogP contribution is 2.39. The molecular weight excluding hydrogens is 516 g/mol. The number of fused-ring (bicyclic) bond motifs is 1. The van der Waals surface area contributed by atoms with Gasteiger partial charge in [-0.15, -0.1) is 25.1 Å². The predicted octanol–water partition coefficient (Wildman–Crippen LogP) is 7.96. The normalized spacial score (nSPS) is 11.8. The van der Waals surface area contributed by atoms with E-state index in [4.69, 9.17) is 26.9 Å². The van der Waals surface area contributed by atoms with E-state index in [1.807, 2.05) is 72.8 Å². The second-order valence-corrected chi connectivity index (χ2v) is 10.2. The number of hydrogen-bond donors (Lipinski definition) is 0. The number of benzene rings is 3. The summed E-state index contributed by atoms with van der Waals surface area (Å²) in [5.74, 6) is 1.69. The first-order valence-corrected chi connectivity index (χ1v) is 13.3. The van der Waals surface area contributed by atoms with Crippen LogP contribution in [0.25, 0.3) is 28.3 Å². The average Bonchev–Trinajstić information content (AvgIpc) is 3.64. The van der Waals surface area contributed by atoms with Crippen LogP contribution in [0.1, 0.15) is 31.2 Å². The topological polar surface area (TPSA) is 85.6 Å². The molecule has 8 nitrogen and oxygen atoms in total. The second kappa shape index (κ2) is 10.3. The third-order valence-electron chi connectivity index (χ3n) is 6.06. The van der Waals surface area contributed by atoms with Gasteiger partial charge in [-0.05, 0) is 11.6 Å². The van der Waals surface area contributed by atoms with Crippen LogP contribution in [0, 0.1) is 0 Å². The van der Waals surface area contributed by atoms with Crippen LogP contribution >= 0.6 is 23.1 Å². The first-order chi connectivity index (χ1) is 18.6. The second-order valence-electron chi connectivity index (χ2n) is 9.04. The SMILES string of the molecule is CC(C)c1nn2nc(-c3ccccc3Cl)c(N=Nc3nc(-c4ccccc4)ns3)c2n1Cc1ccccc1. The van der Waals surface area contributed by atoms with Gasteiger partial charge >= 0.3 is 0 Å². The van der Waals surface area contributed by atoms with Crippen LogP contribution < -0.4 is 0 Å². The molecule has 0 aliphatic heterocycles. The van der Waals surface area contributed by atoms with Crippen LogP contribution in [0.2, 0.25) is 5.02 Å². The lowest BCUT2D eigenvalue weighted by molar-refractivity contribution is 0.670. The molecule has 0 bridgehead atoms. The van der Waals surface area contributed by atoms with Crippen molar-refractivity contribution in [3.05, 3.63) is 101 Å². The number of rotatable bonds is 7. The summed E-state index contributed by atoms with van der Waals surface area (Å²) in [6.45, 7) is 4.85. The third-order valence-corrected chi connectivity index (χ3v) is 6.99. The molecule has 0 N–H and O–H groups in total. The van der Waals surface area contributed by atoms with E-state index in [0.717, 1.165) is 28.2 Å². The Hall–Kier alpha value is -4.21. The van der Waals surface area contributed by atoms with Crippen LogP contribution in [0.4, 0.5) is 10.8 Å². The first kappa shape index (κ1) is 24.1. The Morgan fingerprint density at radius 1 is 0.868 bits per heavy atom. The minimum atomic E-state index is 0.172. The van der Waals surface area contributed by atoms with E-state index in [-0.39, 0.29) is 5.92 Å². The molecule has 0 spiro atoms. The van der Waals surface area contributed by atoms with Gasteiger partial charge in [0, 0.05) is 28.6 Å². The summed E-state index contributed by atoms with van der Waals surface area (Å²) in [5, 5.41) is 19.9. The summed E-state index contributed by atoms with van der Waals surface area (Å²) >= 11 is 7.79. The van der Waals surface area contributed by atoms with Crippen molar-refractivity contribution in [2.24, 2.45) is 10.2 Å². The van der Waals surface area contributed by atoms with E-state index in [1.165, 1.54) is 11.5 Å². The molecule has 0 radical (unpaired) electrons. The zero-order chi connectivity index (χ0) is 26.1. The monoisotopic (exact) mass is 538 g/mol. The molecule has 0 aliphatic rings. The molecule has 0 fully saturated rings. The maximum atomic E-state index is 6.60. The van der Waals surface area contributed by atoms with Crippen molar-refractivity contribution < 1.29 is 0 Å². The molecule has 10 heteroatoms. The maximum absolute atomic E-state index is 6.60. The predicted molar refractivity (Wildman–Crippen MR) is 151 cm³/mol. The van der Waals surface area contributed by atoms with Crippen LogP contribution in [0.5, 0.6) is 0 Å². The fraction of sp³-hybridized carbons (Fsp3) is 0.143. The van der Waals surface area contributed by atoms with E-state index in [9.17, 15) is 0 Å². The zero-order valence-corrected chi connectivity index (χ0v) is 22.3. The molecule has 3 aromatic carbocycles. The molecule has 0 saturated heterocycles. The number of halogens is 1. The molecule has 0 amide bonds. The van der Waals surface area contributed by atoms with Gasteiger partial charge in [-0.25, -0.2) is 0 Å². The summed E-state index contributed by atoms with van der Waals surface area (Å²) in [4.78, 5) is 4.57. The van der Waals surface area contributed by atoms with Crippen molar-refractivity contribution in [2.75, 3.05) is 0 Å². The summed E-state index contributed by atoms with van der Waals surface area (Å²) < 4.78 is 8.25. The van der Waals surface area contributed by atoms with Gasteiger partial charge in [0.25, 0.3) is 0 Å². The van der Waals surface area contributed by atoms with E-state index < -0.39 is 0 Å². The Balaban J connectivity index is 1.51. The van der Waals surface area contributed by atoms with Crippen molar-refractivity contribution in [1.29, 1.82) is 0 Å². The van der Waals surface area contributed by atoms with Gasteiger partial charge in [-0.2, -0.15) is 9.36 Å². The van der Waals surface area contributed by atoms with Crippen molar-refractivity contribution in [3.8, 4) is 22.6 Å². The summed E-state index contributed by atoms with van der Waals surface area (Å²) in [6.07, 6.45) is 0. The number of nitrogens with zero attached hydrogens (tertiary/aromatic N) is 8. The molecule has 6 rings (SSSR count). The van der Waals surface area contributed by atoms with Gasteiger partial charge in [0.2, 0.25) is 5.13 Å². The molecule has 0 atom stereocenters. The molecule has 6 aromatic rings. The minimum Gasteiger partial charge on any atom is -0.305 e. The standard InChI is InChI=1S/C28H23ClN8S/c1-18(2)26-34-37-27(36(26)17-19-11-5-3-6-12-19)24(23(33-37)21-15-9-10-16-22(21)29)31-32-28-30-25(35-38-28)20-13-7-4-8-14-20/h3-16,18H,17H2,1-2H3. The lowest BCUT2D eigenvalue weighted by atomic mass is 10.1. The van der Waals surface area contributed by atoms with Crippen molar-refractivity contribution in [2.45, 2.75) is 26.3 Å². The third kappa shape index (κ3) is 4.62. The van der Waals surface area contributed by atoms with Crippen LogP contribution in [-0.4, -0.2) is 28.8 Å². The summed E-state index contributed by atoms with van der Waals surface area (Å²) in [6, 6.07) is 27.6. The Morgan fingerprint density at radius 3 is 2.32 bits per heavy atom. The van der Waals surface area contributed by atoms with Crippen LogP contribution in [0.15, 0.2) is 95.2 Å². The molecule has 3 heterocycles. The Morgan fingerprint density at radius 2 is 1.58 bits per heavy atom. The van der Waals surface area contributed by atoms with Crippen LogP contribution in [0.3, 0.4) is 0 Å². The highest BCUT2D eigenvalue weighted by atomic mass is 35.5. The lowest BCUT2D eigenvalue weighted by Gasteiger charge is -2.11. The van der Waals surface area contributed by atoms with E-state index in [1.54, 1.807) is 4.63 Å². The lowest BCUT2D eigenvalue weighted by Crippen LogP contribution is -2.06. The molecule has 3 aromatic heterocycles.